The van der Waals surface area contributed by atoms with E-state index in [0.717, 1.165) is 116 Å². The maximum atomic E-state index is 13.0. The molecule has 0 heterocycles. The standard InChI is InChI=1S/C67H111N2O7P/c1-6-8-10-12-14-16-18-20-21-22-23-24-25-26-27-28-29-30-31-32-33-34-35-36-37-38-39-40-41-42-43-44-45-46-47-48-50-52-54-56-58-60-66(71)68-64(63-76-77(73,74)75-62-61-69(3,4)5)67(72)65(70)59-57-55-53-51-49-19-17-15-13-11-9-7-2/h8,10,14,16,20-21,23-24,26-27,29-30,32-33,35-36,38-39,41-42,44-45,47-48,51,53,64-65,67,70,72H,6-7,9,11-13,15,17-19,22,25,28,31,34,37,40,43,46,49-50,52,54-63H2,1-5H3,(H-,68,71,73,74)/b10-8-,16-14-,21-20-,24-23-,27-26-,30-29-,33-32-,36-35-,39-38-,42-41-,45-44-,48-47-,53-51+. The molecular weight excluding hydrogens is 976 g/mol. The van der Waals surface area contributed by atoms with Gasteiger partial charge in [-0.25, -0.2) is 0 Å². The molecule has 4 atom stereocenters. The molecule has 0 saturated carbocycles. The maximum absolute atomic E-state index is 13.0. The first-order chi connectivity index (χ1) is 37.4. The predicted octanol–water partition coefficient (Wildman–Crippen LogP) is 17.0. The summed E-state index contributed by atoms with van der Waals surface area (Å²) in [5, 5.41) is 24.7. The Bertz CT molecular complexity index is 1830. The molecule has 4 unspecified atom stereocenters. The van der Waals surface area contributed by atoms with Crippen molar-refractivity contribution in [1.82, 2.24) is 5.32 Å². The molecule has 10 heteroatoms. The molecule has 77 heavy (non-hydrogen) atoms. The molecule has 0 aliphatic rings. The number of nitrogens with one attached hydrogen (secondary N) is 1. The molecule has 0 radical (unpaired) electrons. The highest BCUT2D eigenvalue weighted by atomic mass is 31.2. The van der Waals surface area contributed by atoms with Gasteiger partial charge in [-0.2, -0.15) is 0 Å². The summed E-state index contributed by atoms with van der Waals surface area (Å²) in [6.07, 6.45) is 83.2. The third kappa shape index (κ3) is 56.6. The summed E-state index contributed by atoms with van der Waals surface area (Å²) >= 11 is 0. The van der Waals surface area contributed by atoms with Gasteiger partial charge >= 0.3 is 0 Å². The second kappa shape index (κ2) is 55.4. The quantitative estimate of drug-likeness (QED) is 0.0239. The van der Waals surface area contributed by atoms with E-state index in [1.165, 1.54) is 44.9 Å². The molecular formula is C67H111N2O7P. The van der Waals surface area contributed by atoms with Crippen LogP contribution in [0.1, 0.15) is 200 Å². The number of phosphoric ester groups is 1. The average molecular weight is 1090 g/mol. The summed E-state index contributed by atoms with van der Waals surface area (Å²) in [4.78, 5) is 25.5. The lowest BCUT2D eigenvalue weighted by Gasteiger charge is -2.31. The molecule has 0 aromatic rings. The van der Waals surface area contributed by atoms with Gasteiger partial charge in [0.1, 0.15) is 19.3 Å². The SMILES string of the molecule is CC/C=C\C/C=C\C/C=C\C/C=C\C/C=C\C/C=C\C/C=C\C/C=C\C/C=C\C/C=C\C/C=C\C/C=C\CCCCCCC(=O)NC(COP(=O)([O-])OCC[N+](C)(C)C)C(O)C(O)CCC/C=C/CCCCCCCCC. The number of rotatable bonds is 52. The number of nitrogens with zero attached hydrogens (tertiary/aromatic N) is 1. The number of likely N-dealkylation sites (N-methyl/N-ethyl adjacent to an activating group) is 1. The Morgan fingerprint density at radius 3 is 1.21 bits per heavy atom. The normalized spacial score (nSPS) is 15.4. The topological polar surface area (TPSA) is 128 Å². The van der Waals surface area contributed by atoms with Crippen LogP contribution in [-0.4, -0.2) is 79.8 Å². The minimum Gasteiger partial charge on any atom is -0.756 e. The molecule has 0 bridgehead atoms. The number of allylic oxidation sites excluding steroid dienone is 26. The van der Waals surface area contributed by atoms with Crippen LogP contribution in [0.3, 0.4) is 0 Å². The highest BCUT2D eigenvalue weighted by Crippen LogP contribution is 2.38. The lowest BCUT2D eigenvalue weighted by molar-refractivity contribution is -0.870. The number of hydrogen-bond acceptors (Lipinski definition) is 7. The zero-order chi connectivity index (χ0) is 56.4. The second-order valence-corrected chi connectivity index (χ2v) is 22.2. The molecule has 0 saturated heterocycles. The van der Waals surface area contributed by atoms with Crippen molar-refractivity contribution in [2.75, 3.05) is 40.9 Å². The Morgan fingerprint density at radius 2 is 0.818 bits per heavy atom. The molecule has 9 nitrogen and oxygen atoms in total. The summed E-state index contributed by atoms with van der Waals surface area (Å²) in [7, 11) is 1.06. The number of aliphatic hydroxyl groups is 2. The molecule has 0 spiro atoms. The van der Waals surface area contributed by atoms with Crippen LogP contribution in [0.4, 0.5) is 0 Å². The zero-order valence-corrected chi connectivity index (χ0v) is 50.1. The van der Waals surface area contributed by atoms with E-state index < -0.39 is 32.7 Å². The number of hydrogen-bond donors (Lipinski definition) is 3. The Balaban J connectivity index is 4.26. The fraction of sp³-hybridized carbons (Fsp3) is 0.597. The molecule has 0 aliphatic heterocycles. The van der Waals surface area contributed by atoms with Crippen LogP contribution in [0.25, 0.3) is 0 Å². The van der Waals surface area contributed by atoms with Crippen LogP contribution in [0.5, 0.6) is 0 Å². The zero-order valence-electron chi connectivity index (χ0n) is 49.2. The van der Waals surface area contributed by atoms with Gasteiger partial charge in [0.05, 0.1) is 39.9 Å². The largest absolute Gasteiger partial charge is 0.756 e. The van der Waals surface area contributed by atoms with Crippen molar-refractivity contribution >= 4 is 13.7 Å². The van der Waals surface area contributed by atoms with E-state index in [2.05, 4.69) is 177 Å². The van der Waals surface area contributed by atoms with Crippen LogP contribution >= 0.6 is 7.82 Å². The molecule has 0 aromatic carbocycles. The molecule has 436 valence electrons. The van der Waals surface area contributed by atoms with Crippen molar-refractivity contribution in [1.29, 1.82) is 0 Å². The Morgan fingerprint density at radius 1 is 0.481 bits per heavy atom. The van der Waals surface area contributed by atoms with E-state index in [1.807, 2.05) is 21.1 Å². The smallest absolute Gasteiger partial charge is 0.268 e. The minimum absolute atomic E-state index is 0.0600. The van der Waals surface area contributed by atoms with E-state index in [1.54, 1.807) is 0 Å². The summed E-state index contributed by atoms with van der Waals surface area (Å²) in [5.74, 6) is -0.320. The van der Waals surface area contributed by atoms with Gasteiger partial charge in [-0.15, -0.1) is 0 Å². The molecule has 0 aromatic heterocycles. The van der Waals surface area contributed by atoms with Crippen molar-refractivity contribution in [3.8, 4) is 0 Å². The predicted molar refractivity (Wildman–Crippen MR) is 330 cm³/mol. The summed E-state index contributed by atoms with van der Waals surface area (Å²) < 4.78 is 23.2. The average Bonchev–Trinajstić information content (AvgIpc) is 3.39. The van der Waals surface area contributed by atoms with E-state index in [-0.39, 0.29) is 18.9 Å². The maximum Gasteiger partial charge on any atom is 0.268 e. The molecule has 3 N–H and O–H groups in total. The van der Waals surface area contributed by atoms with Crippen molar-refractivity contribution in [3.05, 3.63) is 158 Å². The molecule has 0 fully saturated rings. The van der Waals surface area contributed by atoms with E-state index in [4.69, 9.17) is 9.05 Å². The molecule has 0 rings (SSSR count). The Hall–Kier alpha value is -3.92. The van der Waals surface area contributed by atoms with Gasteiger partial charge in [0.25, 0.3) is 7.82 Å². The fourth-order valence-corrected chi connectivity index (χ4v) is 8.37. The van der Waals surface area contributed by atoms with Crippen molar-refractivity contribution in [2.24, 2.45) is 0 Å². The van der Waals surface area contributed by atoms with E-state index in [0.29, 0.717) is 30.3 Å². The third-order valence-electron chi connectivity index (χ3n) is 12.3. The van der Waals surface area contributed by atoms with Gasteiger partial charge < -0.3 is 34.0 Å². The number of amides is 1. The number of carbonyl (C=O) groups is 1. The second-order valence-electron chi connectivity index (χ2n) is 20.7. The molecule has 1 amide bonds. The van der Waals surface area contributed by atoms with E-state index in [9.17, 15) is 24.5 Å². The van der Waals surface area contributed by atoms with Crippen molar-refractivity contribution in [2.45, 2.75) is 218 Å². The highest BCUT2D eigenvalue weighted by Gasteiger charge is 2.29. The van der Waals surface area contributed by atoms with E-state index >= 15 is 0 Å². The fourth-order valence-electron chi connectivity index (χ4n) is 7.65. The minimum atomic E-state index is -4.70. The first-order valence-electron chi connectivity index (χ1n) is 29.9. The van der Waals surface area contributed by atoms with Gasteiger partial charge in [-0.1, -0.05) is 223 Å². The summed E-state index contributed by atoms with van der Waals surface area (Å²) in [6, 6.07) is -1.12. The number of aliphatic hydroxyl groups excluding tert-OH is 2. The lowest BCUT2D eigenvalue weighted by atomic mass is 10.0. The van der Waals surface area contributed by atoms with Gasteiger partial charge in [-0.3, -0.25) is 9.36 Å². The number of carbonyl (C=O) groups excluding carboxylic acids is 1. The van der Waals surface area contributed by atoms with Crippen LogP contribution in [0.2, 0.25) is 0 Å². The summed E-state index contributed by atoms with van der Waals surface area (Å²) in [5.41, 5.74) is 0. The van der Waals surface area contributed by atoms with Crippen LogP contribution in [-0.2, 0) is 18.4 Å². The monoisotopic (exact) mass is 1090 g/mol. The van der Waals surface area contributed by atoms with Gasteiger partial charge in [0, 0.05) is 6.42 Å². The summed E-state index contributed by atoms with van der Waals surface area (Å²) in [6.45, 7) is 4.25. The molecule has 0 aliphatic carbocycles. The van der Waals surface area contributed by atoms with Crippen molar-refractivity contribution in [3.63, 3.8) is 0 Å². The van der Waals surface area contributed by atoms with Crippen molar-refractivity contribution < 1.29 is 38.0 Å². The van der Waals surface area contributed by atoms with Crippen LogP contribution < -0.4 is 10.2 Å². The first-order valence-corrected chi connectivity index (χ1v) is 31.4. The van der Waals surface area contributed by atoms with Gasteiger partial charge in [-0.05, 0) is 128 Å². The number of quaternary nitrogens is 1. The van der Waals surface area contributed by atoms with Gasteiger partial charge in [0.15, 0.2) is 0 Å². The Kier molecular flexibility index (Phi) is 52.6. The lowest BCUT2D eigenvalue weighted by Crippen LogP contribution is -2.51. The number of unbranched alkanes of at least 4 members (excludes halogenated alkanes) is 12. The van der Waals surface area contributed by atoms with Crippen LogP contribution in [0, 0.1) is 0 Å². The first kappa shape index (κ1) is 73.1. The third-order valence-corrected chi connectivity index (χ3v) is 13.3. The number of phosphoric acid groups is 1. The Labute approximate surface area is 472 Å². The highest BCUT2D eigenvalue weighted by molar-refractivity contribution is 7.45. The van der Waals surface area contributed by atoms with Crippen LogP contribution in [0.15, 0.2) is 158 Å². The van der Waals surface area contributed by atoms with Gasteiger partial charge in [0.2, 0.25) is 5.91 Å².